The first-order valence-corrected chi connectivity index (χ1v) is 24.4. The topological polar surface area (TPSA) is 55.9 Å². The Morgan fingerprint density at radius 2 is 1.11 bits per heavy atom. The number of hydrogen-bond donors (Lipinski definition) is 1. The van der Waals surface area contributed by atoms with Crippen molar-refractivity contribution in [2.75, 3.05) is 46.3 Å². The van der Waals surface area contributed by atoms with Crippen molar-refractivity contribution in [2.45, 2.75) is 231 Å². The molecular formula is C49H92N4O2. The molecule has 6 heteroatoms. The minimum atomic E-state index is -0.336. The molecule has 2 fully saturated rings. The van der Waals surface area contributed by atoms with E-state index in [4.69, 9.17) is 0 Å². The predicted octanol–water partition coefficient (Wildman–Crippen LogP) is 12.6. The van der Waals surface area contributed by atoms with E-state index in [9.17, 15) is 9.59 Å². The zero-order chi connectivity index (χ0) is 39.4. The van der Waals surface area contributed by atoms with Crippen LogP contribution in [0.2, 0.25) is 0 Å². The summed E-state index contributed by atoms with van der Waals surface area (Å²) in [5.41, 5.74) is 0. The Balaban J connectivity index is 1.81. The maximum Gasteiger partial charge on any atom is 0.243 e. The molecule has 0 radical (unpaired) electrons. The number of amides is 2. The van der Waals surface area contributed by atoms with E-state index in [1.165, 1.54) is 141 Å². The van der Waals surface area contributed by atoms with Gasteiger partial charge >= 0.3 is 0 Å². The maximum atomic E-state index is 14.1. The van der Waals surface area contributed by atoms with Crippen molar-refractivity contribution in [3.63, 3.8) is 0 Å². The second-order valence-corrected chi connectivity index (χ2v) is 17.5. The molecule has 1 aliphatic heterocycles. The van der Waals surface area contributed by atoms with Crippen molar-refractivity contribution in [2.24, 2.45) is 0 Å². The van der Waals surface area contributed by atoms with Gasteiger partial charge in [0, 0.05) is 51.7 Å². The van der Waals surface area contributed by atoms with Crippen LogP contribution in [-0.2, 0) is 9.59 Å². The van der Waals surface area contributed by atoms with Crippen LogP contribution in [0.25, 0.3) is 0 Å². The minimum Gasteiger partial charge on any atom is -0.352 e. The fourth-order valence-electron chi connectivity index (χ4n) is 8.51. The Labute approximate surface area is 342 Å². The molecule has 6 nitrogen and oxygen atoms in total. The van der Waals surface area contributed by atoms with Crippen LogP contribution < -0.4 is 5.32 Å². The van der Waals surface area contributed by atoms with Gasteiger partial charge in [0.15, 0.2) is 0 Å². The van der Waals surface area contributed by atoms with E-state index in [1.807, 2.05) is 4.90 Å². The molecule has 1 N–H and O–H groups in total. The number of piperazine rings is 1. The quantitative estimate of drug-likeness (QED) is 0.0515. The third-order valence-corrected chi connectivity index (χ3v) is 12.4. The van der Waals surface area contributed by atoms with Crippen LogP contribution in [0.5, 0.6) is 0 Å². The smallest absolute Gasteiger partial charge is 0.243 e. The van der Waals surface area contributed by atoms with Crippen molar-refractivity contribution in [3.05, 3.63) is 24.3 Å². The molecule has 1 saturated carbocycles. The summed E-state index contributed by atoms with van der Waals surface area (Å²) in [7, 11) is 2.19. The van der Waals surface area contributed by atoms with E-state index in [-0.39, 0.29) is 23.9 Å². The molecule has 1 atom stereocenters. The number of nitrogens with one attached hydrogen (secondary N) is 1. The van der Waals surface area contributed by atoms with Gasteiger partial charge in [-0.1, -0.05) is 179 Å². The summed E-state index contributed by atoms with van der Waals surface area (Å²) in [5, 5.41) is 3.45. The molecule has 2 amide bonds. The van der Waals surface area contributed by atoms with Gasteiger partial charge in [-0.15, -0.1) is 0 Å². The number of likely N-dealkylation sites (N-methyl/N-ethyl adjacent to an activating group) is 1. The van der Waals surface area contributed by atoms with Gasteiger partial charge in [0.2, 0.25) is 11.8 Å². The Hall–Kier alpha value is -1.66. The second-order valence-electron chi connectivity index (χ2n) is 17.5. The summed E-state index contributed by atoms with van der Waals surface area (Å²) in [5.74, 6) is 0.320. The van der Waals surface area contributed by atoms with Crippen LogP contribution in [0.3, 0.4) is 0 Å². The van der Waals surface area contributed by atoms with Crippen molar-refractivity contribution in [1.29, 1.82) is 0 Å². The lowest BCUT2D eigenvalue weighted by molar-refractivity contribution is -0.141. The van der Waals surface area contributed by atoms with E-state index in [1.54, 1.807) is 0 Å². The Bertz CT molecular complexity index is 953. The van der Waals surface area contributed by atoms with Gasteiger partial charge in [-0.05, 0) is 64.8 Å². The monoisotopic (exact) mass is 769 g/mol. The van der Waals surface area contributed by atoms with Gasteiger partial charge in [-0.25, -0.2) is 0 Å². The van der Waals surface area contributed by atoms with Gasteiger partial charge in [-0.3, -0.25) is 14.5 Å². The Kier molecular flexibility index (Phi) is 31.9. The standard InChI is InChI=1S/C49H92N4O2/c1-4-6-8-10-12-14-16-17-18-19-20-21-22-24-26-28-30-35-39-48(54)53(45-44-52-42-40-51(3)41-43-52)47(49(55)50-46-36-32-31-33-37-46)38-34-29-27-25-23-15-13-11-9-7-5-2/h17-18,20-21,46-47H,4-16,19,22-45H2,1-3H3,(H,50,55)/b18-17-,21-20-. The van der Waals surface area contributed by atoms with Crippen LogP contribution in [-0.4, -0.2) is 84.9 Å². The molecular weight excluding hydrogens is 677 g/mol. The minimum absolute atomic E-state index is 0.118. The number of unbranched alkanes of at least 4 members (excludes halogenated alkanes) is 21. The molecule has 1 saturated heterocycles. The summed E-state index contributed by atoms with van der Waals surface area (Å²) in [6, 6.07) is -0.0606. The molecule has 0 aromatic rings. The van der Waals surface area contributed by atoms with Crippen molar-refractivity contribution < 1.29 is 9.59 Å². The zero-order valence-electron chi connectivity index (χ0n) is 37.0. The van der Waals surface area contributed by atoms with Crippen LogP contribution >= 0.6 is 0 Å². The molecule has 2 rings (SSSR count). The van der Waals surface area contributed by atoms with Crippen molar-refractivity contribution >= 4 is 11.8 Å². The first-order chi connectivity index (χ1) is 27.0. The van der Waals surface area contributed by atoms with Gasteiger partial charge in [0.25, 0.3) is 0 Å². The summed E-state index contributed by atoms with van der Waals surface area (Å²) >= 11 is 0. The van der Waals surface area contributed by atoms with E-state index in [0.29, 0.717) is 13.0 Å². The molecule has 2 aliphatic rings. The molecule has 1 heterocycles. The maximum absolute atomic E-state index is 14.1. The number of allylic oxidation sites excluding steroid dienone is 4. The molecule has 0 aromatic carbocycles. The zero-order valence-corrected chi connectivity index (χ0v) is 37.0. The molecule has 1 unspecified atom stereocenters. The molecule has 0 spiro atoms. The summed E-state index contributed by atoms with van der Waals surface area (Å²) in [6.45, 7) is 10.3. The van der Waals surface area contributed by atoms with Crippen molar-refractivity contribution in [3.8, 4) is 0 Å². The van der Waals surface area contributed by atoms with Gasteiger partial charge in [0.1, 0.15) is 6.04 Å². The number of carbonyl (C=O) groups is 2. The normalized spacial score (nSPS) is 16.7. The first-order valence-electron chi connectivity index (χ1n) is 24.4. The van der Waals surface area contributed by atoms with Crippen molar-refractivity contribution in [1.82, 2.24) is 20.0 Å². The molecule has 55 heavy (non-hydrogen) atoms. The Morgan fingerprint density at radius 1 is 0.618 bits per heavy atom. The summed E-state index contributed by atoms with van der Waals surface area (Å²) in [4.78, 5) is 35.1. The number of rotatable bonds is 35. The lowest BCUT2D eigenvalue weighted by Crippen LogP contribution is -2.54. The average Bonchev–Trinajstić information content (AvgIpc) is 3.19. The number of carbonyl (C=O) groups excluding carboxylic acids is 2. The molecule has 320 valence electrons. The highest BCUT2D eigenvalue weighted by atomic mass is 16.2. The largest absolute Gasteiger partial charge is 0.352 e. The van der Waals surface area contributed by atoms with E-state index < -0.39 is 0 Å². The number of nitrogens with zero attached hydrogens (tertiary/aromatic N) is 3. The number of hydrogen-bond acceptors (Lipinski definition) is 4. The fourth-order valence-corrected chi connectivity index (χ4v) is 8.51. The third kappa shape index (κ3) is 26.8. The van der Waals surface area contributed by atoms with Gasteiger partial charge < -0.3 is 15.1 Å². The fraction of sp³-hybridized carbons (Fsp3) is 0.878. The molecule has 1 aliphatic carbocycles. The van der Waals surface area contributed by atoms with Gasteiger partial charge in [-0.2, -0.15) is 0 Å². The van der Waals surface area contributed by atoms with E-state index in [0.717, 1.165) is 90.5 Å². The van der Waals surface area contributed by atoms with E-state index in [2.05, 4.69) is 60.3 Å². The first kappa shape index (κ1) is 49.5. The van der Waals surface area contributed by atoms with Gasteiger partial charge in [0.05, 0.1) is 0 Å². The van der Waals surface area contributed by atoms with Crippen LogP contribution in [0.15, 0.2) is 24.3 Å². The van der Waals surface area contributed by atoms with Crippen LogP contribution in [0.1, 0.15) is 219 Å². The highest BCUT2D eigenvalue weighted by molar-refractivity contribution is 5.87. The van der Waals surface area contributed by atoms with E-state index >= 15 is 0 Å². The van der Waals surface area contributed by atoms with Crippen LogP contribution in [0.4, 0.5) is 0 Å². The highest BCUT2D eigenvalue weighted by Crippen LogP contribution is 2.21. The highest BCUT2D eigenvalue weighted by Gasteiger charge is 2.31. The third-order valence-electron chi connectivity index (χ3n) is 12.4. The summed E-state index contributed by atoms with van der Waals surface area (Å²) in [6.07, 6.45) is 48.2. The lowest BCUT2D eigenvalue weighted by Gasteiger charge is -2.37. The SMILES string of the molecule is CCCCCCCC/C=C\C/C=C\CCCCCCCC(=O)N(CCN1CCN(C)CC1)C(CCCCCCCCCCCCC)C(=O)NC1CCCCC1. The lowest BCUT2D eigenvalue weighted by atomic mass is 9.94. The second kappa shape index (κ2) is 35.5. The van der Waals surface area contributed by atoms with Crippen LogP contribution in [0, 0.1) is 0 Å². The molecule has 0 aromatic heterocycles. The summed E-state index contributed by atoms with van der Waals surface area (Å²) < 4.78 is 0. The average molecular weight is 769 g/mol. The predicted molar refractivity (Wildman–Crippen MR) is 239 cm³/mol. The Morgan fingerprint density at radius 3 is 1.65 bits per heavy atom. The molecule has 0 bridgehead atoms.